The normalized spacial score (nSPS) is 20.0. The molecule has 0 bridgehead atoms. The van der Waals surface area contributed by atoms with Gasteiger partial charge < -0.3 is 10.2 Å². The molecular weight excluding hydrogens is 280 g/mol. The van der Waals surface area contributed by atoms with Crippen LogP contribution in [0.4, 0.5) is 5.82 Å². The SMILES string of the molecule is CNc1cc(S(=O)(=O)NC2CCC(=O)N(C)C2)ccn1. The van der Waals surface area contributed by atoms with E-state index in [2.05, 4.69) is 15.0 Å². The maximum atomic E-state index is 12.3. The Morgan fingerprint density at radius 3 is 2.85 bits per heavy atom. The van der Waals surface area contributed by atoms with E-state index in [1.54, 1.807) is 19.0 Å². The van der Waals surface area contributed by atoms with E-state index in [-0.39, 0.29) is 16.8 Å². The number of likely N-dealkylation sites (tertiary alicyclic amines) is 1. The number of aromatic nitrogens is 1. The number of carbonyl (C=O) groups excluding carboxylic acids is 1. The Labute approximate surface area is 118 Å². The van der Waals surface area contributed by atoms with Crippen molar-refractivity contribution in [1.82, 2.24) is 14.6 Å². The number of hydrogen-bond donors (Lipinski definition) is 2. The van der Waals surface area contributed by atoms with Crippen molar-refractivity contribution in [3.63, 3.8) is 0 Å². The first-order valence-corrected chi connectivity index (χ1v) is 7.81. The standard InChI is InChI=1S/C12H18N4O3S/c1-13-11-7-10(5-6-14-11)20(18,19)15-9-3-4-12(17)16(2)8-9/h5-7,9,15H,3-4,8H2,1-2H3,(H,13,14). The Morgan fingerprint density at radius 1 is 1.45 bits per heavy atom. The van der Waals surface area contributed by atoms with Gasteiger partial charge in [-0.15, -0.1) is 0 Å². The average Bonchev–Trinajstić information content (AvgIpc) is 2.43. The summed E-state index contributed by atoms with van der Waals surface area (Å²) >= 11 is 0. The van der Waals surface area contributed by atoms with Crippen LogP contribution in [0.15, 0.2) is 23.2 Å². The molecule has 1 amide bonds. The molecule has 0 aliphatic carbocycles. The molecule has 2 heterocycles. The fourth-order valence-corrected chi connectivity index (χ4v) is 3.39. The minimum atomic E-state index is -3.60. The molecule has 2 N–H and O–H groups in total. The summed E-state index contributed by atoms with van der Waals surface area (Å²) in [6.07, 6.45) is 2.32. The summed E-state index contributed by atoms with van der Waals surface area (Å²) in [4.78, 5) is 17.1. The molecule has 0 saturated carbocycles. The van der Waals surface area contributed by atoms with Gasteiger partial charge in [0, 0.05) is 45.4 Å². The molecule has 110 valence electrons. The third-order valence-electron chi connectivity index (χ3n) is 3.25. The van der Waals surface area contributed by atoms with Crippen LogP contribution in [0.2, 0.25) is 0 Å². The van der Waals surface area contributed by atoms with Gasteiger partial charge in [0.15, 0.2) is 0 Å². The first-order valence-electron chi connectivity index (χ1n) is 6.32. The zero-order valence-corrected chi connectivity index (χ0v) is 12.3. The maximum absolute atomic E-state index is 12.3. The Kier molecular flexibility index (Phi) is 4.24. The maximum Gasteiger partial charge on any atom is 0.241 e. The Bertz CT molecular complexity index is 602. The van der Waals surface area contributed by atoms with Gasteiger partial charge in [0.05, 0.1) is 4.90 Å². The molecule has 1 aromatic rings. The predicted octanol–water partition coefficient (Wildman–Crippen LogP) is 0.0224. The van der Waals surface area contributed by atoms with Crippen molar-refractivity contribution < 1.29 is 13.2 Å². The van der Waals surface area contributed by atoms with E-state index in [1.165, 1.54) is 18.3 Å². The molecule has 1 aromatic heterocycles. The molecule has 0 aromatic carbocycles. The van der Waals surface area contributed by atoms with Crippen molar-refractivity contribution in [2.45, 2.75) is 23.8 Å². The van der Waals surface area contributed by atoms with Crippen LogP contribution in [0.5, 0.6) is 0 Å². The number of anilines is 1. The second-order valence-electron chi connectivity index (χ2n) is 4.76. The number of amides is 1. The second-order valence-corrected chi connectivity index (χ2v) is 6.47. The van der Waals surface area contributed by atoms with Crippen LogP contribution >= 0.6 is 0 Å². The minimum absolute atomic E-state index is 0.0434. The highest BCUT2D eigenvalue weighted by Gasteiger charge is 2.27. The number of pyridine rings is 1. The first-order chi connectivity index (χ1) is 9.42. The summed E-state index contributed by atoms with van der Waals surface area (Å²) in [6.45, 7) is 0.391. The smallest absolute Gasteiger partial charge is 0.241 e. The van der Waals surface area contributed by atoms with E-state index in [0.717, 1.165) is 0 Å². The van der Waals surface area contributed by atoms with Crippen molar-refractivity contribution >= 4 is 21.7 Å². The molecular formula is C12H18N4O3S. The predicted molar refractivity (Wildman–Crippen MR) is 74.8 cm³/mol. The average molecular weight is 298 g/mol. The van der Waals surface area contributed by atoms with Gasteiger partial charge in [-0.3, -0.25) is 4.79 Å². The van der Waals surface area contributed by atoms with Crippen LogP contribution in [0.1, 0.15) is 12.8 Å². The van der Waals surface area contributed by atoms with Crippen LogP contribution in [0.3, 0.4) is 0 Å². The Morgan fingerprint density at radius 2 is 2.20 bits per heavy atom. The topological polar surface area (TPSA) is 91.4 Å². The summed E-state index contributed by atoms with van der Waals surface area (Å²) < 4.78 is 27.2. The van der Waals surface area contributed by atoms with Crippen molar-refractivity contribution in [3.8, 4) is 0 Å². The van der Waals surface area contributed by atoms with Crippen LogP contribution in [0, 0.1) is 0 Å². The molecule has 0 spiro atoms. The van der Waals surface area contributed by atoms with E-state index in [9.17, 15) is 13.2 Å². The van der Waals surface area contributed by atoms with Crippen LogP contribution in [0.25, 0.3) is 0 Å². The van der Waals surface area contributed by atoms with Gasteiger partial charge in [-0.25, -0.2) is 18.1 Å². The van der Waals surface area contributed by atoms with Crippen molar-refractivity contribution in [2.75, 3.05) is 26.0 Å². The van der Waals surface area contributed by atoms with E-state index >= 15 is 0 Å². The molecule has 8 heteroatoms. The first kappa shape index (κ1) is 14.7. The largest absolute Gasteiger partial charge is 0.373 e. The van der Waals surface area contributed by atoms with Crippen molar-refractivity contribution in [1.29, 1.82) is 0 Å². The number of carbonyl (C=O) groups is 1. The third-order valence-corrected chi connectivity index (χ3v) is 4.76. The molecule has 7 nitrogen and oxygen atoms in total. The molecule has 20 heavy (non-hydrogen) atoms. The minimum Gasteiger partial charge on any atom is -0.373 e. The molecule has 1 aliphatic rings. The van der Waals surface area contributed by atoms with E-state index < -0.39 is 10.0 Å². The van der Waals surface area contributed by atoms with Crippen LogP contribution in [-0.2, 0) is 14.8 Å². The summed E-state index contributed by atoms with van der Waals surface area (Å²) in [5, 5.41) is 2.80. The second kappa shape index (κ2) is 5.76. The van der Waals surface area contributed by atoms with Crippen molar-refractivity contribution in [3.05, 3.63) is 18.3 Å². The Balaban J connectivity index is 2.13. The Hall–Kier alpha value is -1.67. The fraction of sp³-hybridized carbons (Fsp3) is 0.500. The lowest BCUT2D eigenvalue weighted by molar-refractivity contribution is -0.132. The van der Waals surface area contributed by atoms with Gasteiger partial charge in [0.1, 0.15) is 5.82 Å². The molecule has 1 atom stereocenters. The highest BCUT2D eigenvalue weighted by molar-refractivity contribution is 7.89. The van der Waals surface area contributed by atoms with Gasteiger partial charge in [-0.05, 0) is 12.5 Å². The zero-order valence-electron chi connectivity index (χ0n) is 11.5. The third kappa shape index (κ3) is 3.26. The number of rotatable bonds is 4. The molecule has 0 radical (unpaired) electrons. The lowest BCUT2D eigenvalue weighted by Gasteiger charge is -2.29. The number of piperidine rings is 1. The van der Waals surface area contributed by atoms with Gasteiger partial charge in [0.2, 0.25) is 15.9 Å². The fourth-order valence-electron chi connectivity index (χ4n) is 2.11. The highest BCUT2D eigenvalue weighted by atomic mass is 32.2. The highest BCUT2D eigenvalue weighted by Crippen LogP contribution is 2.16. The molecule has 1 aliphatic heterocycles. The number of likely N-dealkylation sites (N-methyl/N-ethyl adjacent to an activating group) is 1. The van der Waals surface area contributed by atoms with E-state index in [0.29, 0.717) is 25.2 Å². The van der Waals surface area contributed by atoms with Crippen LogP contribution < -0.4 is 10.0 Å². The van der Waals surface area contributed by atoms with Crippen LogP contribution in [-0.4, -0.2) is 50.9 Å². The number of nitrogens with one attached hydrogen (secondary N) is 2. The molecule has 2 rings (SSSR count). The molecule has 1 unspecified atom stereocenters. The zero-order chi connectivity index (χ0) is 14.8. The summed E-state index contributed by atoms with van der Waals surface area (Å²) in [7, 11) is -0.252. The lowest BCUT2D eigenvalue weighted by Crippen LogP contribution is -2.48. The molecule has 1 saturated heterocycles. The van der Waals surface area contributed by atoms with Crippen molar-refractivity contribution in [2.24, 2.45) is 0 Å². The van der Waals surface area contributed by atoms with Gasteiger partial charge >= 0.3 is 0 Å². The monoisotopic (exact) mass is 298 g/mol. The lowest BCUT2D eigenvalue weighted by atomic mass is 10.1. The summed E-state index contributed by atoms with van der Waals surface area (Å²) in [6, 6.07) is 2.66. The summed E-state index contributed by atoms with van der Waals surface area (Å²) in [5.41, 5.74) is 0. The van der Waals surface area contributed by atoms with E-state index in [4.69, 9.17) is 0 Å². The van der Waals surface area contributed by atoms with Gasteiger partial charge in [-0.1, -0.05) is 0 Å². The van der Waals surface area contributed by atoms with E-state index in [1.807, 2.05) is 0 Å². The number of nitrogens with zero attached hydrogens (tertiary/aromatic N) is 2. The number of sulfonamides is 1. The van der Waals surface area contributed by atoms with Gasteiger partial charge in [-0.2, -0.15) is 0 Å². The molecule has 1 fully saturated rings. The summed E-state index contributed by atoms with van der Waals surface area (Å²) in [5.74, 6) is 0.533. The van der Waals surface area contributed by atoms with Gasteiger partial charge in [0.25, 0.3) is 0 Å². The quantitative estimate of drug-likeness (QED) is 0.818. The number of hydrogen-bond acceptors (Lipinski definition) is 5.